The van der Waals surface area contributed by atoms with Crippen LogP contribution in [0.4, 0.5) is 10.1 Å². The fourth-order valence-electron chi connectivity index (χ4n) is 3.71. The Hall–Kier alpha value is -3.54. The molecule has 5 rings (SSSR count). The molecule has 6 heteroatoms. The molecule has 1 saturated heterocycles. The minimum absolute atomic E-state index is 0.174. The number of hydrogen-bond donors (Lipinski definition) is 0. The average molecular weight is 391 g/mol. The molecule has 0 aromatic heterocycles. The molecule has 1 amide bonds. The van der Waals surface area contributed by atoms with Gasteiger partial charge in [0.25, 0.3) is 5.91 Å². The second-order valence-corrected chi connectivity index (χ2v) is 7.05. The van der Waals surface area contributed by atoms with E-state index < -0.39 is 6.10 Å². The molecule has 3 aromatic rings. The number of anilines is 1. The zero-order chi connectivity index (χ0) is 20.0. The maximum atomic E-state index is 13.4. The van der Waals surface area contributed by atoms with Crippen molar-refractivity contribution in [1.82, 2.24) is 0 Å². The number of para-hydroxylation sites is 1. The Balaban J connectivity index is 1.53. The summed E-state index contributed by atoms with van der Waals surface area (Å²) in [7, 11) is 0. The summed E-state index contributed by atoms with van der Waals surface area (Å²) in [5.41, 5.74) is 2.42. The van der Waals surface area contributed by atoms with E-state index in [9.17, 15) is 9.18 Å². The van der Waals surface area contributed by atoms with Crippen molar-refractivity contribution in [2.45, 2.75) is 19.1 Å². The van der Waals surface area contributed by atoms with Gasteiger partial charge in [0.1, 0.15) is 17.6 Å². The molecule has 0 aliphatic carbocycles. The molecule has 0 bridgehead atoms. The zero-order valence-corrected chi connectivity index (χ0v) is 15.7. The van der Waals surface area contributed by atoms with Gasteiger partial charge in [-0.05, 0) is 60.5 Å². The van der Waals surface area contributed by atoms with Gasteiger partial charge in [0.2, 0.25) is 12.9 Å². The molecule has 0 saturated carbocycles. The van der Waals surface area contributed by atoms with E-state index in [2.05, 4.69) is 0 Å². The number of rotatable bonds is 4. The van der Waals surface area contributed by atoms with Crippen molar-refractivity contribution < 1.29 is 23.4 Å². The highest BCUT2D eigenvalue weighted by atomic mass is 19.1. The van der Waals surface area contributed by atoms with Crippen molar-refractivity contribution in [2.24, 2.45) is 0 Å². The third-order valence-corrected chi connectivity index (χ3v) is 5.24. The van der Waals surface area contributed by atoms with Gasteiger partial charge in [0, 0.05) is 5.69 Å². The molecule has 5 nitrogen and oxygen atoms in total. The summed E-state index contributed by atoms with van der Waals surface area (Å²) in [6, 6.07) is 18.7. The minimum Gasteiger partial charge on any atom is -0.478 e. The fourth-order valence-corrected chi connectivity index (χ4v) is 3.71. The van der Waals surface area contributed by atoms with Crippen LogP contribution >= 0.6 is 0 Å². The summed E-state index contributed by atoms with van der Waals surface area (Å²) in [5, 5.41) is 0. The van der Waals surface area contributed by atoms with Gasteiger partial charge >= 0.3 is 0 Å². The lowest BCUT2D eigenvalue weighted by Gasteiger charge is -2.46. The summed E-state index contributed by atoms with van der Waals surface area (Å²) >= 11 is 0. The topological polar surface area (TPSA) is 48.0 Å². The van der Waals surface area contributed by atoms with E-state index in [0.717, 1.165) is 11.1 Å². The molecule has 0 N–H and O–H groups in total. The van der Waals surface area contributed by atoms with Crippen LogP contribution in [0.25, 0.3) is 0 Å². The molecule has 2 heterocycles. The van der Waals surface area contributed by atoms with E-state index in [0.29, 0.717) is 22.9 Å². The lowest BCUT2D eigenvalue weighted by atomic mass is 9.89. The summed E-state index contributed by atoms with van der Waals surface area (Å²) < 4.78 is 30.4. The van der Waals surface area contributed by atoms with Crippen molar-refractivity contribution in [2.75, 3.05) is 11.7 Å². The van der Waals surface area contributed by atoms with Gasteiger partial charge < -0.3 is 14.2 Å². The van der Waals surface area contributed by atoms with Crippen LogP contribution in [0.15, 0.2) is 66.7 Å². The van der Waals surface area contributed by atoms with Crippen LogP contribution in [0.5, 0.6) is 17.2 Å². The lowest BCUT2D eigenvalue weighted by Crippen LogP contribution is -2.61. The SMILES string of the molecule is Cc1ccccc1O[C@H]1C(=O)N(c2ccc(F)cc2)[C@H]1c1ccc2c(c1)OCO2. The molecule has 1 fully saturated rings. The Morgan fingerprint density at radius 2 is 1.76 bits per heavy atom. The summed E-state index contributed by atoms with van der Waals surface area (Å²) in [5.74, 6) is 1.44. The monoisotopic (exact) mass is 391 g/mol. The van der Waals surface area contributed by atoms with Gasteiger partial charge in [-0.2, -0.15) is 0 Å². The van der Waals surface area contributed by atoms with Crippen molar-refractivity contribution >= 4 is 11.6 Å². The number of hydrogen-bond acceptors (Lipinski definition) is 4. The number of nitrogens with zero attached hydrogens (tertiary/aromatic N) is 1. The van der Waals surface area contributed by atoms with Crippen LogP contribution in [-0.4, -0.2) is 18.8 Å². The summed E-state index contributed by atoms with van der Waals surface area (Å²) in [6.07, 6.45) is -0.693. The standard InChI is InChI=1S/C23H18FNO4/c1-14-4-2-3-5-18(14)29-22-21(15-6-11-19-20(12-15)28-13-27-19)25(23(22)26)17-9-7-16(24)8-10-17/h2-12,21-22H,13H2,1H3/t21-,22+/m0/s1. The van der Waals surface area contributed by atoms with Gasteiger partial charge in [0.05, 0.1) is 0 Å². The van der Waals surface area contributed by atoms with Crippen LogP contribution < -0.4 is 19.1 Å². The molecule has 2 aliphatic rings. The number of ether oxygens (including phenoxy) is 3. The Bertz CT molecular complexity index is 1080. The Kier molecular flexibility index (Phi) is 4.12. The molecular weight excluding hydrogens is 373 g/mol. The van der Waals surface area contributed by atoms with Crippen LogP contribution in [0, 0.1) is 12.7 Å². The smallest absolute Gasteiger partial charge is 0.271 e. The lowest BCUT2D eigenvalue weighted by molar-refractivity contribution is -0.135. The van der Waals surface area contributed by atoms with E-state index in [1.165, 1.54) is 12.1 Å². The molecule has 0 radical (unpaired) electrons. The quantitative estimate of drug-likeness (QED) is 0.619. The number of fused-ring (bicyclic) bond motifs is 1. The third-order valence-electron chi connectivity index (χ3n) is 5.24. The first-order valence-corrected chi connectivity index (χ1v) is 9.32. The van der Waals surface area contributed by atoms with Crippen LogP contribution in [0.3, 0.4) is 0 Å². The van der Waals surface area contributed by atoms with Gasteiger partial charge in [-0.25, -0.2) is 4.39 Å². The maximum Gasteiger partial charge on any atom is 0.271 e. The van der Waals surface area contributed by atoms with E-state index in [1.807, 2.05) is 49.4 Å². The molecule has 146 valence electrons. The molecular formula is C23H18FNO4. The highest BCUT2D eigenvalue weighted by Crippen LogP contribution is 2.44. The summed E-state index contributed by atoms with van der Waals surface area (Å²) in [6.45, 7) is 2.11. The molecule has 3 aromatic carbocycles. The molecule has 2 aliphatic heterocycles. The van der Waals surface area contributed by atoms with Crippen molar-refractivity contribution in [3.05, 3.63) is 83.7 Å². The Morgan fingerprint density at radius 3 is 2.55 bits per heavy atom. The predicted octanol–water partition coefficient (Wildman–Crippen LogP) is 4.40. The average Bonchev–Trinajstić information content (AvgIpc) is 3.20. The summed E-state index contributed by atoms with van der Waals surface area (Å²) in [4.78, 5) is 14.7. The number of aryl methyl sites for hydroxylation is 1. The van der Waals surface area contributed by atoms with Crippen LogP contribution in [0.2, 0.25) is 0 Å². The highest BCUT2D eigenvalue weighted by molar-refractivity contribution is 6.05. The van der Waals surface area contributed by atoms with Crippen molar-refractivity contribution in [3.8, 4) is 17.2 Å². The molecule has 2 atom stereocenters. The van der Waals surface area contributed by atoms with E-state index >= 15 is 0 Å². The Labute approximate surface area is 167 Å². The number of benzene rings is 3. The minimum atomic E-state index is -0.693. The van der Waals surface area contributed by atoms with E-state index in [-0.39, 0.29) is 24.6 Å². The normalized spacial score (nSPS) is 19.8. The largest absolute Gasteiger partial charge is 0.478 e. The maximum absolute atomic E-state index is 13.4. The van der Waals surface area contributed by atoms with Gasteiger partial charge in [-0.15, -0.1) is 0 Å². The van der Waals surface area contributed by atoms with Crippen LogP contribution in [0.1, 0.15) is 17.2 Å². The van der Waals surface area contributed by atoms with Gasteiger partial charge in [-0.3, -0.25) is 9.69 Å². The first-order chi connectivity index (χ1) is 14.1. The van der Waals surface area contributed by atoms with Crippen molar-refractivity contribution in [3.63, 3.8) is 0 Å². The second-order valence-electron chi connectivity index (χ2n) is 7.05. The first-order valence-electron chi connectivity index (χ1n) is 9.32. The number of carbonyl (C=O) groups excluding carboxylic acids is 1. The molecule has 0 unspecified atom stereocenters. The highest BCUT2D eigenvalue weighted by Gasteiger charge is 2.51. The van der Waals surface area contributed by atoms with Crippen LogP contribution in [-0.2, 0) is 4.79 Å². The van der Waals surface area contributed by atoms with E-state index in [1.54, 1.807) is 17.0 Å². The van der Waals surface area contributed by atoms with E-state index in [4.69, 9.17) is 14.2 Å². The molecule has 29 heavy (non-hydrogen) atoms. The predicted molar refractivity (Wildman–Crippen MR) is 105 cm³/mol. The number of amides is 1. The van der Waals surface area contributed by atoms with Crippen molar-refractivity contribution in [1.29, 1.82) is 0 Å². The Morgan fingerprint density at radius 1 is 1.00 bits per heavy atom. The number of carbonyl (C=O) groups is 1. The zero-order valence-electron chi connectivity index (χ0n) is 15.7. The number of β-lactam (4-membered cyclic amide) rings is 1. The number of halogens is 1. The molecule has 0 spiro atoms. The third kappa shape index (κ3) is 2.97. The first kappa shape index (κ1) is 17.6. The fraction of sp³-hybridized carbons (Fsp3) is 0.174. The van der Waals surface area contributed by atoms with Gasteiger partial charge in [-0.1, -0.05) is 24.3 Å². The van der Waals surface area contributed by atoms with Gasteiger partial charge in [0.15, 0.2) is 11.5 Å². The second kappa shape index (κ2) is 6.81.